The van der Waals surface area contributed by atoms with Crippen molar-refractivity contribution in [1.29, 1.82) is 0 Å². The molecule has 0 spiro atoms. The number of thiophene rings is 1. The first-order valence-electron chi connectivity index (χ1n) is 11.7. The Kier molecular flexibility index (Phi) is 6.11. The summed E-state index contributed by atoms with van der Waals surface area (Å²) < 4.78 is 1.40. The Morgan fingerprint density at radius 3 is 2.41 bits per heavy atom. The summed E-state index contributed by atoms with van der Waals surface area (Å²) in [5.41, 5.74) is 2.49. The van der Waals surface area contributed by atoms with Gasteiger partial charge in [0.25, 0.3) is 0 Å². The molecule has 5 rings (SSSR count). The monoisotopic (exact) mass is 444 g/mol. The van der Waals surface area contributed by atoms with Crippen molar-refractivity contribution in [3.63, 3.8) is 0 Å². The Morgan fingerprint density at radius 2 is 1.66 bits per heavy atom. The van der Waals surface area contributed by atoms with Crippen LogP contribution < -0.4 is 10.2 Å². The van der Waals surface area contributed by atoms with Gasteiger partial charge in [0.05, 0.1) is 5.52 Å². The fourth-order valence-electron chi connectivity index (χ4n) is 5.00. The quantitative estimate of drug-likeness (QED) is 0.389. The summed E-state index contributed by atoms with van der Waals surface area (Å²) in [6, 6.07) is 17.7. The Bertz CT molecular complexity index is 1220. The van der Waals surface area contributed by atoms with Crippen molar-refractivity contribution < 1.29 is 0 Å². The Balaban J connectivity index is 1.19. The predicted molar refractivity (Wildman–Crippen MR) is 137 cm³/mol. The number of aryl methyl sites for hydroxylation is 1. The van der Waals surface area contributed by atoms with Gasteiger partial charge in [-0.3, -0.25) is 0 Å². The molecule has 0 radical (unpaired) electrons. The largest absolute Gasteiger partial charge is 0.362 e. The molecular weight excluding hydrogens is 412 g/mol. The lowest BCUT2D eigenvalue weighted by atomic mass is 9.84. The smallest absolute Gasteiger partial charge is 0.139 e. The van der Waals surface area contributed by atoms with Gasteiger partial charge in [-0.25, -0.2) is 9.97 Å². The van der Waals surface area contributed by atoms with E-state index in [0.717, 1.165) is 35.5 Å². The molecule has 1 aliphatic carbocycles. The Hall–Kier alpha value is -2.50. The van der Waals surface area contributed by atoms with E-state index in [1.165, 1.54) is 46.2 Å². The lowest BCUT2D eigenvalue weighted by Crippen LogP contribution is -2.33. The highest BCUT2D eigenvalue weighted by molar-refractivity contribution is 7.19. The third-order valence-corrected chi connectivity index (χ3v) is 8.14. The van der Waals surface area contributed by atoms with Gasteiger partial charge in [0.1, 0.15) is 11.6 Å². The van der Waals surface area contributed by atoms with Gasteiger partial charge in [0.2, 0.25) is 0 Å². The number of nitrogens with zero attached hydrogens (tertiary/aromatic N) is 3. The van der Waals surface area contributed by atoms with E-state index in [1.54, 1.807) is 0 Å². The van der Waals surface area contributed by atoms with Crippen LogP contribution in [0.25, 0.3) is 21.0 Å². The minimum absolute atomic E-state index is 0.616. The zero-order valence-electron chi connectivity index (χ0n) is 19.3. The first-order valence-corrected chi connectivity index (χ1v) is 12.5. The van der Waals surface area contributed by atoms with Crippen molar-refractivity contribution in [1.82, 2.24) is 15.3 Å². The van der Waals surface area contributed by atoms with Crippen LogP contribution in [0.1, 0.15) is 41.9 Å². The third kappa shape index (κ3) is 4.37. The van der Waals surface area contributed by atoms with Crippen LogP contribution in [-0.2, 0) is 13.0 Å². The summed E-state index contributed by atoms with van der Waals surface area (Å²) in [5, 5.41) is 6.38. The number of aromatic nitrogens is 2. The zero-order chi connectivity index (χ0) is 22.1. The molecule has 32 heavy (non-hydrogen) atoms. The SMILES string of the molecule is Cc1c(CN[C@H]2CC[C@@H](Cc3nc(N(C)C)c4ccccc4n3)CC2)sc2ccccc12. The van der Waals surface area contributed by atoms with Crippen LogP contribution in [0.5, 0.6) is 0 Å². The molecule has 1 N–H and O–H groups in total. The number of anilines is 1. The number of benzene rings is 2. The van der Waals surface area contributed by atoms with E-state index in [4.69, 9.17) is 9.97 Å². The number of nitrogens with one attached hydrogen (secondary N) is 1. The molecule has 0 atom stereocenters. The third-order valence-electron chi connectivity index (χ3n) is 6.86. The van der Waals surface area contributed by atoms with Crippen LogP contribution in [0, 0.1) is 12.8 Å². The van der Waals surface area contributed by atoms with E-state index in [1.807, 2.05) is 11.3 Å². The van der Waals surface area contributed by atoms with Gasteiger partial charge >= 0.3 is 0 Å². The first-order chi connectivity index (χ1) is 15.6. The topological polar surface area (TPSA) is 41.1 Å². The average Bonchev–Trinajstić information content (AvgIpc) is 3.13. The van der Waals surface area contributed by atoms with E-state index < -0.39 is 0 Å². The van der Waals surface area contributed by atoms with E-state index in [-0.39, 0.29) is 0 Å². The molecule has 1 aliphatic rings. The minimum Gasteiger partial charge on any atom is -0.362 e. The molecule has 5 heteroatoms. The second-order valence-corrected chi connectivity index (χ2v) is 10.5. The van der Waals surface area contributed by atoms with Crippen LogP contribution in [0.2, 0.25) is 0 Å². The van der Waals surface area contributed by atoms with Crippen LogP contribution in [-0.4, -0.2) is 30.1 Å². The van der Waals surface area contributed by atoms with Crippen molar-refractivity contribution in [2.45, 2.75) is 51.6 Å². The van der Waals surface area contributed by atoms with Crippen molar-refractivity contribution >= 4 is 38.1 Å². The van der Waals surface area contributed by atoms with Crippen LogP contribution in [0.3, 0.4) is 0 Å². The fourth-order valence-corrected chi connectivity index (χ4v) is 6.16. The van der Waals surface area contributed by atoms with Gasteiger partial charge in [0, 0.05) is 48.1 Å². The number of hydrogen-bond donors (Lipinski definition) is 1. The first kappa shape index (κ1) is 21.4. The summed E-state index contributed by atoms with van der Waals surface area (Å²) in [7, 11) is 4.13. The van der Waals surface area contributed by atoms with Crippen molar-refractivity contribution in [3.05, 3.63) is 64.8 Å². The molecule has 2 aromatic heterocycles. The van der Waals surface area contributed by atoms with Gasteiger partial charge in [-0.05, 0) is 67.7 Å². The molecule has 1 saturated carbocycles. The maximum absolute atomic E-state index is 4.92. The zero-order valence-corrected chi connectivity index (χ0v) is 20.1. The molecular formula is C27H32N4S. The second-order valence-electron chi connectivity index (χ2n) is 9.32. The Labute approximate surface area is 194 Å². The van der Waals surface area contributed by atoms with Crippen molar-refractivity contribution in [2.24, 2.45) is 5.92 Å². The summed E-state index contributed by atoms with van der Waals surface area (Å²) in [6.07, 6.45) is 5.95. The van der Waals surface area contributed by atoms with Crippen molar-refractivity contribution in [3.8, 4) is 0 Å². The predicted octanol–water partition coefficient (Wildman–Crippen LogP) is 6.11. The molecule has 0 saturated heterocycles. The van der Waals surface area contributed by atoms with E-state index in [9.17, 15) is 0 Å². The lowest BCUT2D eigenvalue weighted by Gasteiger charge is -2.29. The maximum atomic E-state index is 4.92. The summed E-state index contributed by atoms with van der Waals surface area (Å²) in [4.78, 5) is 13.4. The molecule has 4 aromatic rings. The molecule has 0 aliphatic heterocycles. The molecule has 1 fully saturated rings. The number of fused-ring (bicyclic) bond motifs is 2. The highest BCUT2D eigenvalue weighted by Crippen LogP contribution is 2.32. The van der Waals surface area contributed by atoms with Gasteiger partial charge < -0.3 is 10.2 Å². The number of rotatable bonds is 6. The highest BCUT2D eigenvalue weighted by Gasteiger charge is 2.23. The lowest BCUT2D eigenvalue weighted by molar-refractivity contribution is 0.287. The summed E-state index contributed by atoms with van der Waals surface area (Å²) >= 11 is 1.94. The molecule has 4 nitrogen and oxygen atoms in total. The van der Waals surface area contributed by atoms with E-state index in [2.05, 4.69) is 79.8 Å². The molecule has 2 aromatic carbocycles. The standard InChI is InChI=1S/C27H32N4S/c1-18-21-8-5-7-11-24(21)32-25(18)17-28-20-14-12-19(13-15-20)16-26-29-23-10-6-4-9-22(23)27(30-26)31(2)3/h4-11,19-20,28H,12-17H2,1-3H3/t19-,20+. The maximum Gasteiger partial charge on any atom is 0.139 e. The van der Waals surface area contributed by atoms with Gasteiger partial charge in [-0.2, -0.15) is 0 Å². The minimum atomic E-state index is 0.616. The second kappa shape index (κ2) is 9.16. The Morgan fingerprint density at radius 1 is 0.938 bits per heavy atom. The molecule has 0 unspecified atom stereocenters. The van der Waals surface area contributed by atoms with Crippen molar-refractivity contribution in [2.75, 3.05) is 19.0 Å². The van der Waals surface area contributed by atoms with Crippen LogP contribution >= 0.6 is 11.3 Å². The summed E-state index contributed by atoms with van der Waals surface area (Å²) in [6.45, 7) is 3.25. The molecule has 2 heterocycles. The van der Waals surface area contributed by atoms with E-state index >= 15 is 0 Å². The van der Waals surface area contributed by atoms with Crippen LogP contribution in [0.4, 0.5) is 5.82 Å². The number of hydrogen-bond acceptors (Lipinski definition) is 5. The number of para-hydroxylation sites is 1. The average molecular weight is 445 g/mol. The summed E-state index contributed by atoms with van der Waals surface area (Å²) in [5.74, 6) is 2.69. The van der Waals surface area contributed by atoms with Crippen LogP contribution in [0.15, 0.2) is 48.5 Å². The van der Waals surface area contributed by atoms with Gasteiger partial charge in [-0.1, -0.05) is 30.3 Å². The van der Waals surface area contributed by atoms with E-state index in [0.29, 0.717) is 12.0 Å². The molecule has 0 bridgehead atoms. The highest BCUT2D eigenvalue weighted by atomic mass is 32.1. The molecule has 0 amide bonds. The fraction of sp³-hybridized carbons (Fsp3) is 0.407. The normalized spacial score (nSPS) is 19.0. The molecule has 166 valence electrons. The van der Waals surface area contributed by atoms with Gasteiger partial charge in [0.15, 0.2) is 0 Å². The van der Waals surface area contributed by atoms with Gasteiger partial charge in [-0.15, -0.1) is 11.3 Å².